The maximum atomic E-state index is 13.2. The quantitative estimate of drug-likeness (QED) is 0.397. The van der Waals surface area contributed by atoms with Crippen LogP contribution in [0.15, 0.2) is 12.2 Å². The summed E-state index contributed by atoms with van der Waals surface area (Å²) >= 11 is 0. The standard InChI is InChI=1S/C20H24O6/c1-9-10-5-11(21)13-19(6-10,15(9)22)17(23)26-12-3-4-18(2)7-24-16-14(18)20(12,13)8-25-16/h10-14,16,21H,1,3-8H2,2H3/t10-,11-,12+,13-,14-,16+,18+,19+,20+/m1/s1. The van der Waals surface area contributed by atoms with Crippen LogP contribution in [0.4, 0.5) is 0 Å². The molecular weight excluding hydrogens is 336 g/mol. The lowest BCUT2D eigenvalue weighted by molar-refractivity contribution is -0.246. The molecule has 3 saturated carbocycles. The first-order valence-corrected chi connectivity index (χ1v) is 9.70. The van der Waals surface area contributed by atoms with Gasteiger partial charge in [0.2, 0.25) is 0 Å². The van der Waals surface area contributed by atoms with Crippen molar-refractivity contribution in [2.24, 2.45) is 34.0 Å². The topological polar surface area (TPSA) is 82.1 Å². The van der Waals surface area contributed by atoms with Crippen molar-refractivity contribution in [2.75, 3.05) is 13.2 Å². The van der Waals surface area contributed by atoms with Gasteiger partial charge in [0, 0.05) is 17.3 Å². The Morgan fingerprint density at radius 3 is 2.77 bits per heavy atom. The van der Waals surface area contributed by atoms with E-state index in [4.69, 9.17) is 14.2 Å². The fourth-order valence-electron chi connectivity index (χ4n) is 7.73. The van der Waals surface area contributed by atoms with E-state index >= 15 is 0 Å². The van der Waals surface area contributed by atoms with Crippen molar-refractivity contribution >= 4 is 11.8 Å². The van der Waals surface area contributed by atoms with E-state index in [2.05, 4.69) is 13.5 Å². The monoisotopic (exact) mass is 360 g/mol. The summed E-state index contributed by atoms with van der Waals surface area (Å²) in [5.74, 6) is -1.22. The highest BCUT2D eigenvalue weighted by Crippen LogP contribution is 2.72. The Balaban J connectivity index is 1.59. The maximum absolute atomic E-state index is 13.2. The molecule has 3 aliphatic carbocycles. The van der Waals surface area contributed by atoms with Gasteiger partial charge in [-0.15, -0.1) is 0 Å². The van der Waals surface area contributed by atoms with E-state index in [9.17, 15) is 14.7 Å². The fourth-order valence-corrected chi connectivity index (χ4v) is 7.73. The van der Waals surface area contributed by atoms with E-state index in [1.807, 2.05) is 0 Å². The van der Waals surface area contributed by atoms with Gasteiger partial charge in [0.05, 0.1) is 19.3 Å². The average molecular weight is 360 g/mol. The molecule has 9 atom stereocenters. The van der Waals surface area contributed by atoms with Crippen molar-refractivity contribution in [1.82, 2.24) is 0 Å². The van der Waals surface area contributed by atoms with Crippen molar-refractivity contribution in [2.45, 2.75) is 51.1 Å². The molecule has 2 bridgehead atoms. The Kier molecular flexibility index (Phi) is 2.68. The predicted octanol–water partition coefficient (Wildman–Crippen LogP) is 1.21. The predicted molar refractivity (Wildman–Crippen MR) is 87.6 cm³/mol. The van der Waals surface area contributed by atoms with Crippen LogP contribution in [0.3, 0.4) is 0 Å². The summed E-state index contributed by atoms with van der Waals surface area (Å²) < 4.78 is 18.0. The molecular formula is C20H24O6. The summed E-state index contributed by atoms with van der Waals surface area (Å²) in [5.41, 5.74) is -1.42. The Morgan fingerprint density at radius 2 is 1.96 bits per heavy atom. The number of ketones is 1. The van der Waals surface area contributed by atoms with Gasteiger partial charge in [-0.1, -0.05) is 13.5 Å². The number of aliphatic hydroxyl groups excluding tert-OH is 1. The second-order valence-corrected chi connectivity index (χ2v) is 9.67. The minimum absolute atomic E-state index is 0.0385. The molecule has 140 valence electrons. The Hall–Kier alpha value is -1.24. The molecule has 2 spiro atoms. The van der Waals surface area contributed by atoms with Crippen molar-refractivity contribution in [3.8, 4) is 0 Å². The Labute approximate surface area is 151 Å². The minimum atomic E-state index is -1.28. The van der Waals surface area contributed by atoms with E-state index in [-0.39, 0.29) is 35.4 Å². The molecule has 0 aromatic rings. The number of Topliss-reactive ketones (excluding diaryl/α,β-unsaturated/α-hetero) is 1. The number of esters is 1. The van der Waals surface area contributed by atoms with E-state index < -0.39 is 28.8 Å². The fraction of sp³-hybridized carbons (Fsp3) is 0.800. The number of carbonyl (C=O) groups is 2. The Bertz CT molecular complexity index is 761. The van der Waals surface area contributed by atoms with Crippen LogP contribution >= 0.6 is 0 Å². The van der Waals surface area contributed by atoms with Crippen LogP contribution in [0, 0.1) is 34.0 Å². The van der Waals surface area contributed by atoms with Gasteiger partial charge < -0.3 is 19.3 Å². The van der Waals surface area contributed by atoms with Gasteiger partial charge in [0.25, 0.3) is 0 Å². The van der Waals surface area contributed by atoms with Crippen LogP contribution in [0.5, 0.6) is 0 Å². The van der Waals surface area contributed by atoms with Crippen LogP contribution in [0.1, 0.15) is 32.6 Å². The molecule has 0 aromatic heterocycles. The lowest BCUT2D eigenvalue weighted by Crippen LogP contribution is -2.70. The van der Waals surface area contributed by atoms with Crippen LogP contribution in [-0.4, -0.2) is 48.6 Å². The molecule has 6 aliphatic rings. The molecule has 6 nitrogen and oxygen atoms in total. The number of fused-ring (bicyclic) bond motifs is 1. The molecule has 0 amide bonds. The summed E-state index contributed by atoms with van der Waals surface area (Å²) in [6.07, 6.45) is 1.18. The first-order valence-electron chi connectivity index (χ1n) is 9.70. The molecule has 3 aliphatic heterocycles. The van der Waals surface area contributed by atoms with E-state index in [1.54, 1.807) is 0 Å². The number of carbonyl (C=O) groups excluding carboxylic acids is 2. The molecule has 6 heteroatoms. The zero-order chi connectivity index (χ0) is 18.1. The highest BCUT2D eigenvalue weighted by atomic mass is 16.7. The number of aliphatic hydroxyl groups is 1. The van der Waals surface area contributed by atoms with Gasteiger partial charge >= 0.3 is 5.97 Å². The summed E-state index contributed by atoms with van der Waals surface area (Å²) in [6.45, 7) is 7.15. The zero-order valence-corrected chi connectivity index (χ0v) is 14.9. The smallest absolute Gasteiger partial charge is 0.320 e. The molecule has 0 radical (unpaired) electrons. The third-order valence-corrected chi connectivity index (χ3v) is 8.65. The molecule has 1 N–H and O–H groups in total. The third kappa shape index (κ3) is 1.40. The lowest BCUT2D eigenvalue weighted by atomic mass is 9.44. The summed E-state index contributed by atoms with van der Waals surface area (Å²) in [6, 6.07) is 0. The number of rotatable bonds is 0. The average Bonchev–Trinajstić information content (AvgIpc) is 3.22. The van der Waals surface area contributed by atoms with E-state index in [0.717, 1.165) is 12.8 Å². The molecule has 6 fully saturated rings. The van der Waals surface area contributed by atoms with Crippen LogP contribution in [-0.2, 0) is 23.8 Å². The Morgan fingerprint density at radius 1 is 1.19 bits per heavy atom. The van der Waals surface area contributed by atoms with Gasteiger partial charge in [-0.05, 0) is 42.6 Å². The van der Waals surface area contributed by atoms with E-state index in [0.29, 0.717) is 31.6 Å². The summed E-state index contributed by atoms with van der Waals surface area (Å²) in [4.78, 5) is 26.4. The number of ether oxygens (including phenoxy) is 3. The first-order chi connectivity index (χ1) is 12.3. The van der Waals surface area contributed by atoms with Gasteiger partial charge in [0.1, 0.15) is 11.5 Å². The molecule has 0 aromatic carbocycles. The highest BCUT2D eigenvalue weighted by Gasteiger charge is 2.80. The third-order valence-electron chi connectivity index (χ3n) is 8.65. The number of allylic oxidation sites excluding steroid dienone is 1. The van der Waals surface area contributed by atoms with Gasteiger partial charge in [-0.3, -0.25) is 9.59 Å². The molecule has 0 unspecified atom stereocenters. The lowest BCUT2D eigenvalue weighted by Gasteiger charge is -2.61. The van der Waals surface area contributed by atoms with Crippen molar-refractivity contribution in [3.05, 3.63) is 12.2 Å². The normalized spacial score (nSPS) is 59.7. The second-order valence-electron chi connectivity index (χ2n) is 9.67. The minimum Gasteiger partial charge on any atom is -0.461 e. The molecule has 26 heavy (non-hydrogen) atoms. The van der Waals surface area contributed by atoms with Gasteiger partial charge in [-0.25, -0.2) is 0 Å². The second kappa shape index (κ2) is 4.42. The van der Waals surface area contributed by atoms with Crippen LogP contribution < -0.4 is 0 Å². The van der Waals surface area contributed by atoms with Crippen LogP contribution in [0.25, 0.3) is 0 Å². The van der Waals surface area contributed by atoms with Crippen molar-refractivity contribution in [3.63, 3.8) is 0 Å². The van der Waals surface area contributed by atoms with Gasteiger partial charge in [0.15, 0.2) is 12.1 Å². The van der Waals surface area contributed by atoms with E-state index in [1.165, 1.54) is 0 Å². The SMILES string of the molecule is C=C1C(=O)[C@]23C[C@H]1C[C@@H](O)[C@H]2[C@]12CO[C@@H]4OC[C@](C)(CC[C@@H]1OC3=O)[C@@H]42. The zero-order valence-electron chi connectivity index (χ0n) is 14.9. The van der Waals surface area contributed by atoms with Crippen molar-refractivity contribution < 1.29 is 28.9 Å². The number of hydrogen-bond acceptors (Lipinski definition) is 6. The molecule has 3 heterocycles. The first kappa shape index (κ1) is 15.8. The number of hydrogen-bond donors (Lipinski definition) is 1. The summed E-state index contributed by atoms with van der Waals surface area (Å²) in [7, 11) is 0. The largest absolute Gasteiger partial charge is 0.461 e. The molecule has 6 rings (SSSR count). The molecule has 3 saturated heterocycles. The van der Waals surface area contributed by atoms with Crippen LogP contribution in [0.2, 0.25) is 0 Å². The summed E-state index contributed by atoms with van der Waals surface area (Å²) in [5, 5.41) is 11.2. The van der Waals surface area contributed by atoms with Gasteiger partial charge in [-0.2, -0.15) is 0 Å². The highest BCUT2D eigenvalue weighted by molar-refractivity contribution is 6.15. The maximum Gasteiger partial charge on any atom is 0.320 e. The van der Waals surface area contributed by atoms with Crippen molar-refractivity contribution in [1.29, 1.82) is 0 Å².